The maximum absolute atomic E-state index is 13.0. The Morgan fingerprint density at radius 2 is 1.94 bits per heavy atom. The van der Waals surface area contributed by atoms with Gasteiger partial charge in [0, 0.05) is 12.3 Å². The van der Waals surface area contributed by atoms with Gasteiger partial charge in [-0.15, -0.1) is 0 Å². The molecule has 0 heterocycles. The molecule has 3 N–H and O–H groups in total. The van der Waals surface area contributed by atoms with Crippen molar-refractivity contribution in [2.24, 2.45) is 5.84 Å². The highest BCUT2D eigenvalue weighted by molar-refractivity contribution is 7.91. The van der Waals surface area contributed by atoms with E-state index in [1.165, 1.54) is 13.0 Å². The molecule has 1 aromatic carbocycles. The van der Waals surface area contributed by atoms with Crippen LogP contribution in [0.5, 0.6) is 0 Å². The Bertz CT molecular complexity index is 520. The van der Waals surface area contributed by atoms with Crippen molar-refractivity contribution >= 4 is 9.84 Å². The second kappa shape index (κ2) is 5.73. The van der Waals surface area contributed by atoms with Gasteiger partial charge in [-0.2, -0.15) is 0 Å². The molecule has 0 bridgehead atoms. The highest BCUT2D eigenvalue weighted by Gasteiger charge is 2.25. The summed E-state index contributed by atoms with van der Waals surface area (Å²) >= 11 is 0. The number of sulfone groups is 1. The molecule has 0 fully saturated rings. The van der Waals surface area contributed by atoms with Gasteiger partial charge in [-0.05, 0) is 31.0 Å². The van der Waals surface area contributed by atoms with Crippen LogP contribution in [0, 0.1) is 11.6 Å². The molecule has 0 saturated carbocycles. The molecule has 0 saturated heterocycles. The van der Waals surface area contributed by atoms with Crippen LogP contribution in [0.25, 0.3) is 0 Å². The van der Waals surface area contributed by atoms with Crippen LogP contribution in [0.3, 0.4) is 0 Å². The Morgan fingerprint density at radius 1 is 1.33 bits per heavy atom. The van der Waals surface area contributed by atoms with Gasteiger partial charge in [0.1, 0.15) is 0 Å². The number of rotatable bonds is 5. The van der Waals surface area contributed by atoms with Crippen molar-refractivity contribution in [1.82, 2.24) is 5.43 Å². The third-order valence-electron chi connectivity index (χ3n) is 2.90. The standard InChI is InChI=1S/C11H16F2N2O2S/c1-7(18(2,16)17)11(15-14)6-8-3-4-9(12)10(13)5-8/h3-5,7,11,15H,6,14H2,1-2H3. The third-order valence-corrected chi connectivity index (χ3v) is 4.57. The molecule has 0 aromatic heterocycles. The largest absolute Gasteiger partial charge is 0.271 e. The monoisotopic (exact) mass is 278 g/mol. The summed E-state index contributed by atoms with van der Waals surface area (Å²) in [6.07, 6.45) is 1.30. The smallest absolute Gasteiger partial charge is 0.159 e. The maximum Gasteiger partial charge on any atom is 0.159 e. The highest BCUT2D eigenvalue weighted by Crippen LogP contribution is 2.14. The molecule has 1 rings (SSSR count). The third kappa shape index (κ3) is 3.72. The van der Waals surface area contributed by atoms with Crippen LogP contribution in [0.1, 0.15) is 12.5 Å². The lowest BCUT2D eigenvalue weighted by molar-refractivity contribution is 0.486. The van der Waals surface area contributed by atoms with Crippen LogP contribution in [0.15, 0.2) is 18.2 Å². The van der Waals surface area contributed by atoms with Crippen LogP contribution in [-0.2, 0) is 16.3 Å². The Labute approximate surface area is 105 Å². The predicted molar refractivity (Wildman–Crippen MR) is 65.5 cm³/mol. The van der Waals surface area contributed by atoms with Gasteiger partial charge in [-0.1, -0.05) is 6.07 Å². The van der Waals surface area contributed by atoms with Crippen LogP contribution < -0.4 is 11.3 Å². The summed E-state index contributed by atoms with van der Waals surface area (Å²) in [4.78, 5) is 0. The minimum atomic E-state index is -3.26. The van der Waals surface area contributed by atoms with Crippen molar-refractivity contribution < 1.29 is 17.2 Å². The number of halogens is 2. The molecule has 1 aromatic rings. The van der Waals surface area contributed by atoms with Crippen molar-refractivity contribution in [1.29, 1.82) is 0 Å². The fourth-order valence-electron chi connectivity index (χ4n) is 1.58. The number of benzene rings is 1. The van der Waals surface area contributed by atoms with Gasteiger partial charge in [0.25, 0.3) is 0 Å². The summed E-state index contributed by atoms with van der Waals surface area (Å²) in [5.74, 6) is 3.40. The van der Waals surface area contributed by atoms with Crippen LogP contribution in [-0.4, -0.2) is 26.0 Å². The summed E-state index contributed by atoms with van der Waals surface area (Å²) in [6.45, 7) is 1.51. The summed E-state index contributed by atoms with van der Waals surface area (Å²) in [5, 5.41) is -0.726. The minimum Gasteiger partial charge on any atom is -0.271 e. The maximum atomic E-state index is 13.0. The van der Waals surface area contributed by atoms with Crippen molar-refractivity contribution in [3.63, 3.8) is 0 Å². The van der Waals surface area contributed by atoms with Gasteiger partial charge < -0.3 is 0 Å². The lowest BCUT2D eigenvalue weighted by Gasteiger charge is -2.21. The fourth-order valence-corrected chi connectivity index (χ4v) is 2.35. The first-order valence-corrected chi connectivity index (χ1v) is 7.30. The van der Waals surface area contributed by atoms with Gasteiger partial charge in [0.15, 0.2) is 21.5 Å². The van der Waals surface area contributed by atoms with Crippen molar-refractivity contribution in [3.8, 4) is 0 Å². The molecule has 0 aliphatic carbocycles. The molecule has 0 aliphatic heterocycles. The molecule has 7 heteroatoms. The van der Waals surface area contributed by atoms with E-state index in [2.05, 4.69) is 5.43 Å². The lowest BCUT2D eigenvalue weighted by Crippen LogP contribution is -2.47. The van der Waals surface area contributed by atoms with E-state index in [1.54, 1.807) is 0 Å². The predicted octanol–water partition coefficient (Wildman–Crippen LogP) is 0.772. The second-order valence-electron chi connectivity index (χ2n) is 4.26. The van der Waals surface area contributed by atoms with E-state index in [0.717, 1.165) is 18.4 Å². The highest BCUT2D eigenvalue weighted by atomic mass is 32.2. The van der Waals surface area contributed by atoms with Gasteiger partial charge in [0.2, 0.25) is 0 Å². The molecular formula is C11H16F2N2O2S. The minimum absolute atomic E-state index is 0.196. The quantitative estimate of drug-likeness (QED) is 0.616. The van der Waals surface area contributed by atoms with Crippen LogP contribution in [0.2, 0.25) is 0 Å². The van der Waals surface area contributed by atoms with E-state index < -0.39 is 32.8 Å². The Hall–Kier alpha value is -1.05. The molecular weight excluding hydrogens is 262 g/mol. The molecule has 102 valence electrons. The van der Waals surface area contributed by atoms with Gasteiger partial charge in [0.05, 0.1) is 5.25 Å². The average Bonchev–Trinajstić information content (AvgIpc) is 2.28. The molecule has 0 radical (unpaired) electrons. The number of nitrogens with one attached hydrogen (secondary N) is 1. The zero-order chi connectivity index (χ0) is 13.9. The van der Waals surface area contributed by atoms with E-state index in [0.29, 0.717) is 5.56 Å². The van der Waals surface area contributed by atoms with Gasteiger partial charge >= 0.3 is 0 Å². The van der Waals surface area contributed by atoms with E-state index in [9.17, 15) is 17.2 Å². The molecule has 0 spiro atoms. The topological polar surface area (TPSA) is 72.2 Å². The van der Waals surface area contributed by atoms with E-state index in [-0.39, 0.29) is 6.42 Å². The zero-order valence-electron chi connectivity index (χ0n) is 10.2. The number of nitrogens with two attached hydrogens (primary N) is 1. The summed E-state index contributed by atoms with van der Waals surface area (Å²) < 4.78 is 48.6. The van der Waals surface area contributed by atoms with Gasteiger partial charge in [-0.25, -0.2) is 17.2 Å². The first-order chi connectivity index (χ1) is 8.25. The van der Waals surface area contributed by atoms with Crippen molar-refractivity contribution in [2.45, 2.75) is 24.6 Å². The van der Waals surface area contributed by atoms with E-state index in [4.69, 9.17) is 5.84 Å². The molecule has 0 amide bonds. The number of hydrazine groups is 1. The molecule has 4 nitrogen and oxygen atoms in total. The summed E-state index contributed by atoms with van der Waals surface area (Å²) in [6, 6.07) is 2.88. The van der Waals surface area contributed by atoms with Crippen molar-refractivity contribution in [3.05, 3.63) is 35.4 Å². The summed E-state index contributed by atoms with van der Waals surface area (Å²) in [7, 11) is -3.26. The SMILES string of the molecule is CC(C(Cc1ccc(F)c(F)c1)NN)S(C)(=O)=O. The average molecular weight is 278 g/mol. The van der Waals surface area contributed by atoms with Gasteiger partial charge in [-0.3, -0.25) is 11.3 Å². The van der Waals surface area contributed by atoms with Crippen molar-refractivity contribution in [2.75, 3.05) is 6.26 Å². The Morgan fingerprint density at radius 3 is 2.39 bits per heavy atom. The van der Waals surface area contributed by atoms with E-state index in [1.807, 2.05) is 0 Å². The Kier molecular flexibility index (Phi) is 4.78. The molecule has 2 unspecified atom stereocenters. The normalized spacial score (nSPS) is 15.4. The number of hydrogen-bond donors (Lipinski definition) is 2. The first-order valence-electron chi connectivity index (χ1n) is 5.34. The zero-order valence-corrected chi connectivity index (χ0v) is 11.0. The van der Waals surface area contributed by atoms with E-state index >= 15 is 0 Å². The number of hydrogen-bond acceptors (Lipinski definition) is 4. The molecule has 18 heavy (non-hydrogen) atoms. The molecule has 0 aliphatic rings. The van der Waals surface area contributed by atoms with Crippen LogP contribution >= 0.6 is 0 Å². The lowest BCUT2D eigenvalue weighted by atomic mass is 10.0. The first kappa shape index (κ1) is 15.0. The molecule has 2 atom stereocenters. The second-order valence-corrected chi connectivity index (χ2v) is 6.66. The summed E-state index contributed by atoms with van der Waals surface area (Å²) in [5.41, 5.74) is 2.87. The Balaban J connectivity index is 2.89. The van der Waals surface area contributed by atoms with Crippen LogP contribution in [0.4, 0.5) is 8.78 Å². The fraction of sp³-hybridized carbons (Fsp3) is 0.455.